The molecule has 2 saturated heterocycles. The van der Waals surface area contributed by atoms with Crippen LogP contribution in [0.4, 0.5) is 0 Å². The van der Waals surface area contributed by atoms with Gasteiger partial charge < -0.3 is 9.64 Å². The zero-order chi connectivity index (χ0) is 21.7. The monoisotopic (exact) mass is 415 g/mol. The van der Waals surface area contributed by atoms with Gasteiger partial charge in [-0.25, -0.2) is 4.98 Å². The fourth-order valence-corrected chi connectivity index (χ4v) is 5.42. The van der Waals surface area contributed by atoms with Crippen LogP contribution in [0.5, 0.6) is 5.75 Å². The second-order valence-corrected chi connectivity index (χ2v) is 8.87. The van der Waals surface area contributed by atoms with Crippen molar-refractivity contribution in [1.29, 1.82) is 0 Å². The van der Waals surface area contributed by atoms with Gasteiger partial charge in [-0.1, -0.05) is 30.3 Å². The van der Waals surface area contributed by atoms with E-state index in [9.17, 15) is 4.79 Å². The molecule has 2 aromatic carbocycles. The van der Waals surface area contributed by atoms with Gasteiger partial charge in [0.15, 0.2) is 0 Å². The molecule has 0 saturated carbocycles. The Balaban J connectivity index is 1.33. The molecule has 3 aromatic rings. The number of hydrogen-bond donors (Lipinski definition) is 0. The summed E-state index contributed by atoms with van der Waals surface area (Å²) in [6.07, 6.45) is 1.04. The van der Waals surface area contributed by atoms with E-state index >= 15 is 0 Å². The van der Waals surface area contributed by atoms with Crippen molar-refractivity contribution in [2.24, 2.45) is 0 Å². The van der Waals surface area contributed by atoms with E-state index in [1.807, 2.05) is 41.3 Å². The van der Waals surface area contributed by atoms with Crippen LogP contribution >= 0.6 is 0 Å². The Morgan fingerprint density at radius 1 is 1.03 bits per heavy atom. The summed E-state index contributed by atoms with van der Waals surface area (Å²) in [5.41, 5.74) is 5.27. The van der Waals surface area contributed by atoms with Crippen LogP contribution in [-0.2, 0) is 0 Å². The zero-order valence-corrected chi connectivity index (χ0v) is 18.6. The quantitative estimate of drug-likeness (QED) is 0.629. The van der Waals surface area contributed by atoms with E-state index in [1.165, 1.54) is 16.7 Å². The van der Waals surface area contributed by atoms with E-state index < -0.39 is 0 Å². The third-order valence-corrected chi connectivity index (χ3v) is 7.31. The molecule has 2 aliphatic rings. The Morgan fingerprint density at radius 2 is 1.84 bits per heavy atom. The highest BCUT2D eigenvalue weighted by Crippen LogP contribution is 2.39. The van der Waals surface area contributed by atoms with Crippen molar-refractivity contribution < 1.29 is 9.53 Å². The highest BCUT2D eigenvalue weighted by Gasteiger charge is 2.47. The number of aromatic nitrogens is 1. The number of rotatable bonds is 4. The number of hydrogen-bond acceptors (Lipinski definition) is 4. The number of amides is 1. The molecule has 0 radical (unpaired) electrons. The van der Waals surface area contributed by atoms with Gasteiger partial charge in [-0.05, 0) is 62.1 Å². The molecule has 2 fully saturated rings. The molecule has 31 heavy (non-hydrogen) atoms. The average Bonchev–Trinajstić information content (AvgIpc) is 3.41. The minimum absolute atomic E-state index is 0.0574. The van der Waals surface area contributed by atoms with E-state index in [1.54, 1.807) is 7.11 Å². The molecule has 1 amide bonds. The Morgan fingerprint density at radius 3 is 2.58 bits per heavy atom. The normalized spacial score (nSPS) is 21.6. The summed E-state index contributed by atoms with van der Waals surface area (Å²) in [6, 6.07) is 17.0. The first kappa shape index (κ1) is 20.0. The van der Waals surface area contributed by atoms with Crippen LogP contribution in [0.3, 0.4) is 0 Å². The van der Waals surface area contributed by atoms with Gasteiger partial charge in [0.05, 0.1) is 12.6 Å². The van der Waals surface area contributed by atoms with E-state index in [2.05, 4.69) is 42.8 Å². The molecule has 3 heterocycles. The molecule has 5 nitrogen and oxygen atoms in total. The molecular weight excluding hydrogens is 386 g/mol. The number of nitrogens with zero attached hydrogens (tertiary/aromatic N) is 3. The minimum atomic E-state index is 0.0574. The molecular formula is C26H29N3O2. The molecule has 0 aliphatic carbocycles. The molecule has 1 aromatic heterocycles. The van der Waals surface area contributed by atoms with Crippen molar-refractivity contribution >= 4 is 16.8 Å². The zero-order valence-electron chi connectivity index (χ0n) is 18.6. The van der Waals surface area contributed by atoms with Crippen molar-refractivity contribution in [2.75, 3.05) is 20.2 Å². The first-order valence-electron chi connectivity index (χ1n) is 11.0. The fourth-order valence-electron chi connectivity index (χ4n) is 5.42. The first-order chi connectivity index (χ1) is 15.0. The van der Waals surface area contributed by atoms with E-state index in [0.717, 1.165) is 36.2 Å². The Labute approximate surface area is 183 Å². The molecule has 160 valence electrons. The van der Waals surface area contributed by atoms with Crippen molar-refractivity contribution in [3.05, 3.63) is 70.9 Å². The lowest BCUT2D eigenvalue weighted by Crippen LogP contribution is -2.49. The average molecular weight is 416 g/mol. The molecule has 0 N–H and O–H groups in total. The van der Waals surface area contributed by atoms with Crippen molar-refractivity contribution in [3.8, 4) is 5.75 Å². The number of fused-ring (bicyclic) bond motifs is 3. The lowest BCUT2D eigenvalue weighted by molar-refractivity contribution is 0.0564. The number of pyridine rings is 1. The standard InChI is InChI=1S/C26H29N3O2/c1-16-17(2)25(31-4)12-10-22(16)18(3)28-14-21-13-20(28)15-29(21)26(30)24-11-9-19-7-5-6-8-23(19)27-24/h5-12,18,20-21H,13-15H2,1-4H3/t18-,20-,21-/m0/s1. The highest BCUT2D eigenvalue weighted by molar-refractivity contribution is 5.95. The number of carbonyl (C=O) groups excluding carboxylic acids is 1. The number of carbonyl (C=O) groups is 1. The van der Waals surface area contributed by atoms with Crippen LogP contribution in [0.2, 0.25) is 0 Å². The van der Waals surface area contributed by atoms with Crippen molar-refractivity contribution in [2.45, 2.75) is 45.3 Å². The van der Waals surface area contributed by atoms with Gasteiger partial charge in [-0.15, -0.1) is 0 Å². The van der Waals surface area contributed by atoms with Crippen LogP contribution in [0.1, 0.15) is 46.6 Å². The van der Waals surface area contributed by atoms with Crippen LogP contribution in [-0.4, -0.2) is 53.0 Å². The van der Waals surface area contributed by atoms with Crippen LogP contribution in [0, 0.1) is 13.8 Å². The Hall–Kier alpha value is -2.92. The number of methoxy groups -OCH3 is 1. The maximum atomic E-state index is 13.2. The largest absolute Gasteiger partial charge is 0.496 e. The van der Waals surface area contributed by atoms with Crippen LogP contribution in [0.25, 0.3) is 10.9 Å². The van der Waals surface area contributed by atoms with Gasteiger partial charge in [0, 0.05) is 36.6 Å². The Kier molecular flexibility index (Phi) is 4.94. The van der Waals surface area contributed by atoms with Gasteiger partial charge in [0.25, 0.3) is 5.91 Å². The third-order valence-electron chi connectivity index (χ3n) is 7.31. The molecule has 3 atom stereocenters. The molecule has 2 bridgehead atoms. The van der Waals surface area contributed by atoms with Gasteiger partial charge in [0.2, 0.25) is 0 Å². The second-order valence-electron chi connectivity index (χ2n) is 8.87. The molecule has 0 unspecified atom stereocenters. The molecule has 5 rings (SSSR count). The van der Waals surface area contributed by atoms with Gasteiger partial charge in [0.1, 0.15) is 11.4 Å². The number of benzene rings is 2. The number of piperazine rings is 1. The predicted molar refractivity (Wildman–Crippen MR) is 123 cm³/mol. The minimum Gasteiger partial charge on any atom is -0.496 e. The van der Waals surface area contributed by atoms with Gasteiger partial charge >= 0.3 is 0 Å². The van der Waals surface area contributed by atoms with E-state index in [4.69, 9.17) is 4.74 Å². The van der Waals surface area contributed by atoms with E-state index in [-0.39, 0.29) is 11.9 Å². The topological polar surface area (TPSA) is 45.7 Å². The summed E-state index contributed by atoms with van der Waals surface area (Å²) >= 11 is 0. The SMILES string of the molecule is COc1ccc([C@H](C)N2C[C@@H]3C[C@H]2CN3C(=O)c2ccc3ccccc3n2)c(C)c1C. The van der Waals surface area contributed by atoms with Crippen LogP contribution < -0.4 is 4.74 Å². The van der Waals surface area contributed by atoms with Crippen molar-refractivity contribution in [1.82, 2.24) is 14.8 Å². The summed E-state index contributed by atoms with van der Waals surface area (Å²) in [4.78, 5) is 22.5. The van der Waals surface area contributed by atoms with Gasteiger partial charge in [-0.3, -0.25) is 9.69 Å². The third kappa shape index (κ3) is 3.28. The molecule has 0 spiro atoms. The molecule has 2 aliphatic heterocycles. The summed E-state index contributed by atoms with van der Waals surface area (Å²) in [7, 11) is 1.72. The second kappa shape index (κ2) is 7.65. The summed E-state index contributed by atoms with van der Waals surface area (Å²) < 4.78 is 5.48. The number of para-hydroxylation sites is 1. The van der Waals surface area contributed by atoms with Crippen molar-refractivity contribution in [3.63, 3.8) is 0 Å². The summed E-state index contributed by atoms with van der Waals surface area (Å²) in [6.45, 7) is 8.27. The maximum absolute atomic E-state index is 13.2. The van der Waals surface area contributed by atoms with Gasteiger partial charge in [-0.2, -0.15) is 0 Å². The van der Waals surface area contributed by atoms with E-state index in [0.29, 0.717) is 17.8 Å². The summed E-state index contributed by atoms with van der Waals surface area (Å²) in [5, 5.41) is 1.06. The molecule has 5 heteroatoms. The fraction of sp³-hybridized carbons (Fsp3) is 0.385. The smallest absolute Gasteiger partial charge is 0.272 e. The number of likely N-dealkylation sites (tertiary alicyclic amines) is 2. The van der Waals surface area contributed by atoms with Crippen LogP contribution in [0.15, 0.2) is 48.5 Å². The highest BCUT2D eigenvalue weighted by atomic mass is 16.5. The Bertz CT molecular complexity index is 1160. The number of ether oxygens (including phenoxy) is 1. The lowest BCUT2D eigenvalue weighted by atomic mass is 9.96. The first-order valence-corrected chi connectivity index (χ1v) is 11.0. The predicted octanol–water partition coefficient (Wildman–Crippen LogP) is 4.52. The lowest BCUT2D eigenvalue weighted by Gasteiger charge is -2.38. The maximum Gasteiger partial charge on any atom is 0.272 e. The summed E-state index contributed by atoms with van der Waals surface area (Å²) in [5.74, 6) is 0.998.